The van der Waals surface area contributed by atoms with Crippen molar-refractivity contribution in [3.05, 3.63) is 33.6 Å². The number of thiophene rings is 1. The molecule has 0 spiro atoms. The Hall–Kier alpha value is -1.03. The smallest absolute Gasteiger partial charge is 0.345 e. The van der Waals surface area contributed by atoms with Crippen LogP contribution >= 0.6 is 39.0 Å². The Morgan fingerprint density at radius 3 is 2.57 bits per heavy atom. The van der Waals surface area contributed by atoms with Crippen molar-refractivity contribution in [2.75, 3.05) is 12.0 Å². The largest absolute Gasteiger partial charge is 0.477 e. The van der Waals surface area contributed by atoms with Gasteiger partial charge in [-0.3, -0.25) is 0 Å². The highest BCUT2D eigenvalue weighted by Crippen LogP contribution is 2.37. The van der Waals surface area contributed by atoms with E-state index in [1.807, 2.05) is 0 Å². The van der Waals surface area contributed by atoms with Gasteiger partial charge in [-0.2, -0.15) is 0 Å². The Morgan fingerprint density at radius 2 is 2.05 bits per heavy atom. The van der Waals surface area contributed by atoms with Crippen molar-refractivity contribution in [2.24, 2.45) is 0 Å². The second-order valence-corrected chi connectivity index (χ2v) is 8.86. The molecule has 21 heavy (non-hydrogen) atoms. The van der Waals surface area contributed by atoms with E-state index in [-0.39, 0.29) is 14.7 Å². The summed E-state index contributed by atoms with van der Waals surface area (Å²) < 4.78 is 26.2. The number of anilines is 1. The topological polar surface area (TPSA) is 97.5 Å². The fraction of sp³-hybridized carbons (Fsp3) is 0.0833. The molecule has 112 valence electrons. The predicted molar refractivity (Wildman–Crippen MR) is 87.1 cm³/mol. The lowest BCUT2D eigenvalue weighted by molar-refractivity contribution is 0.0702. The predicted octanol–water partition coefficient (Wildman–Crippen LogP) is 3.35. The number of thioether (sulfide) groups is 1. The molecule has 0 atom stereocenters. The molecule has 1 aromatic carbocycles. The summed E-state index contributed by atoms with van der Waals surface area (Å²) in [7, 11) is -3.79. The van der Waals surface area contributed by atoms with E-state index in [1.54, 1.807) is 6.26 Å². The molecule has 0 aliphatic rings. The maximum atomic E-state index is 12.7. The van der Waals surface area contributed by atoms with E-state index in [4.69, 9.17) is 10.8 Å². The van der Waals surface area contributed by atoms with Gasteiger partial charge in [0.05, 0.1) is 14.0 Å². The quantitative estimate of drug-likeness (QED) is 0.595. The van der Waals surface area contributed by atoms with Crippen LogP contribution in [0, 0.1) is 0 Å². The molecular formula is C12H10BrNO4S3. The first-order valence-electron chi connectivity index (χ1n) is 5.48. The van der Waals surface area contributed by atoms with Crippen LogP contribution in [0.2, 0.25) is 0 Å². The van der Waals surface area contributed by atoms with E-state index < -0.39 is 15.8 Å². The van der Waals surface area contributed by atoms with Crippen LogP contribution in [0.1, 0.15) is 9.67 Å². The molecule has 0 saturated heterocycles. The normalized spacial score (nSPS) is 11.5. The molecule has 2 aromatic rings. The monoisotopic (exact) mass is 407 g/mol. The molecule has 0 bridgehead atoms. The third kappa shape index (κ3) is 3.10. The average molecular weight is 408 g/mol. The Morgan fingerprint density at radius 1 is 1.38 bits per heavy atom. The highest BCUT2D eigenvalue weighted by molar-refractivity contribution is 9.10. The number of carboxylic acids is 1. The van der Waals surface area contributed by atoms with Gasteiger partial charge in [0.15, 0.2) is 0 Å². The molecule has 1 aromatic heterocycles. The highest BCUT2D eigenvalue weighted by Gasteiger charge is 2.26. The second-order valence-electron chi connectivity index (χ2n) is 3.96. The van der Waals surface area contributed by atoms with Crippen molar-refractivity contribution < 1.29 is 18.3 Å². The summed E-state index contributed by atoms with van der Waals surface area (Å²) in [5.41, 5.74) is 6.08. The summed E-state index contributed by atoms with van der Waals surface area (Å²) in [6.07, 6.45) is 1.70. The molecule has 5 nitrogen and oxygen atoms in total. The van der Waals surface area contributed by atoms with Gasteiger partial charge in [0.25, 0.3) is 0 Å². The van der Waals surface area contributed by atoms with Crippen LogP contribution in [0.4, 0.5) is 5.69 Å². The molecule has 0 aliphatic heterocycles. The van der Waals surface area contributed by atoms with Crippen LogP contribution in [-0.2, 0) is 9.84 Å². The molecule has 9 heteroatoms. The van der Waals surface area contributed by atoms with Crippen molar-refractivity contribution in [1.82, 2.24) is 0 Å². The van der Waals surface area contributed by atoms with Crippen LogP contribution in [0.25, 0.3) is 0 Å². The van der Waals surface area contributed by atoms with Gasteiger partial charge in [0.1, 0.15) is 4.88 Å². The maximum Gasteiger partial charge on any atom is 0.345 e. The number of carbonyl (C=O) groups is 1. The summed E-state index contributed by atoms with van der Waals surface area (Å²) in [6, 6.07) is 5.49. The number of benzene rings is 1. The lowest BCUT2D eigenvalue weighted by Gasteiger charge is -2.06. The Kier molecular flexibility index (Phi) is 4.66. The zero-order valence-electron chi connectivity index (χ0n) is 10.7. The van der Waals surface area contributed by atoms with Gasteiger partial charge in [0, 0.05) is 10.2 Å². The number of sulfone groups is 1. The SMILES string of the molecule is CSc1sc(C(=O)O)cc1S(=O)(=O)c1ccc(N)c(Br)c1. The number of halogens is 1. The average Bonchev–Trinajstić information content (AvgIpc) is 2.86. The molecular weight excluding hydrogens is 398 g/mol. The Labute approximate surface area is 138 Å². The summed E-state index contributed by atoms with van der Waals surface area (Å²) in [4.78, 5) is 11.1. The van der Waals surface area contributed by atoms with Crippen molar-refractivity contribution in [1.29, 1.82) is 0 Å². The number of carboxylic acid groups (broad SMARTS) is 1. The second kappa shape index (κ2) is 5.99. The summed E-state index contributed by atoms with van der Waals surface area (Å²) in [5, 5.41) is 9.02. The van der Waals surface area contributed by atoms with Gasteiger partial charge >= 0.3 is 5.97 Å². The van der Waals surface area contributed by atoms with Crippen LogP contribution in [0.5, 0.6) is 0 Å². The Bertz CT molecular complexity index is 814. The molecule has 0 unspecified atom stereocenters. The van der Waals surface area contributed by atoms with E-state index in [2.05, 4.69) is 15.9 Å². The first-order valence-corrected chi connectivity index (χ1v) is 9.80. The molecule has 0 radical (unpaired) electrons. The number of aromatic carboxylic acids is 1. The Balaban J connectivity index is 2.63. The minimum absolute atomic E-state index is 0.00700. The fourth-order valence-electron chi connectivity index (χ4n) is 1.59. The number of nitrogens with two attached hydrogens (primary N) is 1. The van der Waals surface area contributed by atoms with Crippen LogP contribution in [-0.4, -0.2) is 25.7 Å². The van der Waals surface area contributed by atoms with Gasteiger partial charge in [-0.1, -0.05) is 0 Å². The van der Waals surface area contributed by atoms with E-state index in [1.165, 1.54) is 36.0 Å². The van der Waals surface area contributed by atoms with E-state index >= 15 is 0 Å². The van der Waals surface area contributed by atoms with Crippen molar-refractivity contribution >= 4 is 60.5 Å². The number of hydrogen-bond donors (Lipinski definition) is 2. The zero-order chi connectivity index (χ0) is 15.8. The molecule has 3 N–H and O–H groups in total. The summed E-state index contributed by atoms with van der Waals surface area (Å²) in [5.74, 6) is -1.14. The lowest BCUT2D eigenvalue weighted by Crippen LogP contribution is -2.03. The number of rotatable bonds is 4. The first kappa shape index (κ1) is 16.3. The standard InChI is InChI=1S/C12H10BrNO4S3/c1-19-12-10(5-9(20-12)11(15)16)21(17,18)6-2-3-8(14)7(13)4-6/h2-5H,14H2,1H3,(H,15,16). The van der Waals surface area contributed by atoms with E-state index in [0.29, 0.717) is 14.4 Å². The van der Waals surface area contributed by atoms with Gasteiger partial charge in [-0.25, -0.2) is 13.2 Å². The van der Waals surface area contributed by atoms with Gasteiger partial charge in [0.2, 0.25) is 9.84 Å². The molecule has 0 saturated carbocycles. The summed E-state index contributed by atoms with van der Waals surface area (Å²) >= 11 is 5.34. The third-order valence-corrected chi connectivity index (χ3v) is 7.61. The minimum Gasteiger partial charge on any atom is -0.477 e. The first-order chi connectivity index (χ1) is 9.77. The highest BCUT2D eigenvalue weighted by atomic mass is 79.9. The van der Waals surface area contributed by atoms with Crippen LogP contribution < -0.4 is 5.73 Å². The molecule has 0 aliphatic carbocycles. The summed E-state index contributed by atoms with van der Waals surface area (Å²) in [6.45, 7) is 0. The van der Waals surface area contributed by atoms with E-state index in [0.717, 1.165) is 11.3 Å². The van der Waals surface area contributed by atoms with Crippen LogP contribution in [0.3, 0.4) is 0 Å². The molecule has 0 amide bonds. The third-order valence-electron chi connectivity index (χ3n) is 2.63. The minimum atomic E-state index is -3.79. The molecule has 1 heterocycles. The maximum absolute atomic E-state index is 12.7. The lowest BCUT2D eigenvalue weighted by atomic mass is 10.3. The zero-order valence-corrected chi connectivity index (χ0v) is 14.7. The van der Waals surface area contributed by atoms with Gasteiger partial charge in [-0.15, -0.1) is 23.1 Å². The van der Waals surface area contributed by atoms with Gasteiger partial charge < -0.3 is 10.8 Å². The van der Waals surface area contributed by atoms with Crippen molar-refractivity contribution in [3.8, 4) is 0 Å². The molecule has 2 rings (SSSR count). The van der Waals surface area contributed by atoms with Crippen LogP contribution in [0.15, 0.2) is 42.7 Å². The molecule has 0 fully saturated rings. The van der Waals surface area contributed by atoms with Crippen molar-refractivity contribution in [2.45, 2.75) is 14.0 Å². The van der Waals surface area contributed by atoms with Crippen molar-refractivity contribution in [3.63, 3.8) is 0 Å². The van der Waals surface area contributed by atoms with E-state index in [9.17, 15) is 13.2 Å². The fourth-order valence-corrected chi connectivity index (χ4v) is 5.99. The number of hydrogen-bond acceptors (Lipinski definition) is 6. The van der Waals surface area contributed by atoms with Gasteiger partial charge in [-0.05, 0) is 46.5 Å². The number of nitrogen functional groups attached to an aromatic ring is 1.